The number of hydrogen-bond acceptors (Lipinski definition) is 3. The van der Waals surface area contributed by atoms with E-state index in [4.69, 9.17) is 4.74 Å². The van der Waals surface area contributed by atoms with Gasteiger partial charge in [-0.1, -0.05) is 30.3 Å². The van der Waals surface area contributed by atoms with Gasteiger partial charge in [0.25, 0.3) is 0 Å². The predicted octanol–water partition coefficient (Wildman–Crippen LogP) is 2.00. The Morgan fingerprint density at radius 1 is 1.39 bits per heavy atom. The molecule has 0 aliphatic rings. The van der Waals surface area contributed by atoms with Crippen LogP contribution in [0.1, 0.15) is 25.8 Å². The summed E-state index contributed by atoms with van der Waals surface area (Å²) in [5, 5.41) is 12.8. The maximum Gasteiger partial charge on any atom is 0.328 e. The van der Waals surface area contributed by atoms with E-state index in [0.717, 1.165) is 5.56 Å². The van der Waals surface area contributed by atoms with E-state index in [1.54, 1.807) is 7.11 Å². The molecule has 1 aromatic carbocycles. The lowest BCUT2D eigenvalue weighted by molar-refractivity contribution is -0.146. The lowest BCUT2D eigenvalue weighted by Crippen LogP contribution is -2.52. The molecule has 0 heterocycles. The van der Waals surface area contributed by atoms with Crippen LogP contribution in [0.2, 0.25) is 0 Å². The molecule has 0 radical (unpaired) electrons. The van der Waals surface area contributed by atoms with Crippen LogP contribution in [0.5, 0.6) is 0 Å². The van der Waals surface area contributed by atoms with Gasteiger partial charge >= 0.3 is 5.97 Å². The second-order valence-corrected chi connectivity index (χ2v) is 4.62. The van der Waals surface area contributed by atoms with Crippen LogP contribution in [0.4, 0.5) is 0 Å². The highest BCUT2D eigenvalue weighted by Gasteiger charge is 2.40. The molecule has 1 rings (SSSR count). The summed E-state index contributed by atoms with van der Waals surface area (Å²) in [5.74, 6) is -0.876. The second-order valence-electron chi connectivity index (χ2n) is 4.62. The number of rotatable bonds is 7. The summed E-state index contributed by atoms with van der Waals surface area (Å²) in [6, 6.07) is 9.31. The van der Waals surface area contributed by atoms with Crippen LogP contribution in [0, 0.1) is 0 Å². The molecule has 18 heavy (non-hydrogen) atoms. The molecule has 0 saturated carbocycles. The van der Waals surface area contributed by atoms with E-state index in [9.17, 15) is 9.90 Å². The van der Waals surface area contributed by atoms with E-state index in [1.165, 1.54) is 0 Å². The first-order valence-electron chi connectivity index (χ1n) is 6.08. The molecule has 0 aliphatic carbocycles. The quantitative estimate of drug-likeness (QED) is 0.778. The molecule has 100 valence electrons. The standard InChI is InChI=1S/C14H21NO3/c1-11(2)15-14(13(16)17,9-10-18-3)12-7-5-4-6-8-12/h4-8,11,15H,9-10H2,1-3H3,(H,16,17). The number of benzene rings is 1. The van der Waals surface area contributed by atoms with Gasteiger partial charge in [-0.15, -0.1) is 0 Å². The molecule has 1 unspecified atom stereocenters. The molecule has 0 spiro atoms. The van der Waals surface area contributed by atoms with E-state index >= 15 is 0 Å². The summed E-state index contributed by atoms with van der Waals surface area (Å²) in [6.07, 6.45) is 0.390. The van der Waals surface area contributed by atoms with Gasteiger partial charge in [-0.05, 0) is 19.4 Å². The van der Waals surface area contributed by atoms with Gasteiger partial charge in [-0.25, -0.2) is 4.79 Å². The zero-order chi connectivity index (χ0) is 13.6. The van der Waals surface area contributed by atoms with Crippen molar-refractivity contribution in [1.82, 2.24) is 5.32 Å². The summed E-state index contributed by atoms with van der Waals surface area (Å²) in [6.45, 7) is 4.27. The van der Waals surface area contributed by atoms with Crippen LogP contribution in [0.3, 0.4) is 0 Å². The van der Waals surface area contributed by atoms with Crippen molar-refractivity contribution in [2.24, 2.45) is 0 Å². The van der Waals surface area contributed by atoms with E-state index in [0.29, 0.717) is 13.0 Å². The van der Waals surface area contributed by atoms with Gasteiger partial charge in [-0.2, -0.15) is 0 Å². The molecule has 1 aromatic rings. The summed E-state index contributed by atoms with van der Waals surface area (Å²) in [7, 11) is 1.58. The van der Waals surface area contributed by atoms with Gasteiger partial charge in [0, 0.05) is 26.2 Å². The molecule has 0 bridgehead atoms. The minimum atomic E-state index is -1.09. The Labute approximate surface area is 108 Å². The third kappa shape index (κ3) is 3.31. The van der Waals surface area contributed by atoms with Gasteiger partial charge in [0.1, 0.15) is 5.54 Å². The van der Waals surface area contributed by atoms with Crippen molar-refractivity contribution >= 4 is 5.97 Å². The number of nitrogens with one attached hydrogen (secondary N) is 1. The molecule has 2 N–H and O–H groups in total. The molecule has 0 aliphatic heterocycles. The molecule has 1 atom stereocenters. The van der Waals surface area contributed by atoms with E-state index in [-0.39, 0.29) is 6.04 Å². The van der Waals surface area contributed by atoms with Gasteiger partial charge in [0.2, 0.25) is 0 Å². The van der Waals surface area contributed by atoms with Crippen molar-refractivity contribution in [3.8, 4) is 0 Å². The second kappa shape index (κ2) is 6.52. The maximum atomic E-state index is 11.7. The normalized spacial score (nSPS) is 14.4. The molecule has 0 amide bonds. The monoisotopic (exact) mass is 251 g/mol. The van der Waals surface area contributed by atoms with E-state index < -0.39 is 11.5 Å². The lowest BCUT2D eigenvalue weighted by Gasteiger charge is -2.33. The Hall–Kier alpha value is -1.39. The number of aliphatic carboxylic acids is 1. The van der Waals surface area contributed by atoms with Crippen molar-refractivity contribution < 1.29 is 14.6 Å². The van der Waals surface area contributed by atoms with Gasteiger partial charge in [0.15, 0.2) is 0 Å². The zero-order valence-corrected chi connectivity index (χ0v) is 11.1. The van der Waals surface area contributed by atoms with Crippen LogP contribution in [0.15, 0.2) is 30.3 Å². The first-order valence-corrected chi connectivity index (χ1v) is 6.08. The highest BCUT2D eigenvalue weighted by molar-refractivity contribution is 5.80. The van der Waals surface area contributed by atoms with Crippen molar-refractivity contribution in [2.45, 2.75) is 31.8 Å². The third-order valence-corrected chi connectivity index (χ3v) is 2.85. The van der Waals surface area contributed by atoms with Gasteiger partial charge in [0.05, 0.1) is 0 Å². The van der Waals surface area contributed by atoms with Crippen molar-refractivity contribution in [3.63, 3.8) is 0 Å². The topological polar surface area (TPSA) is 58.6 Å². The SMILES string of the molecule is COCCC(NC(C)C)(C(=O)O)c1ccccc1. The minimum Gasteiger partial charge on any atom is -0.480 e. The van der Waals surface area contributed by atoms with Crippen LogP contribution < -0.4 is 5.32 Å². The molecule has 0 saturated heterocycles. The Bertz CT molecular complexity index is 378. The zero-order valence-electron chi connectivity index (χ0n) is 11.1. The Morgan fingerprint density at radius 2 is 2.00 bits per heavy atom. The Morgan fingerprint density at radius 3 is 2.44 bits per heavy atom. The highest BCUT2D eigenvalue weighted by Crippen LogP contribution is 2.26. The smallest absolute Gasteiger partial charge is 0.328 e. The Kier molecular flexibility index (Phi) is 5.31. The number of methoxy groups -OCH3 is 1. The van der Waals surface area contributed by atoms with E-state index in [1.807, 2.05) is 44.2 Å². The average Bonchev–Trinajstić information content (AvgIpc) is 2.34. The number of ether oxygens (including phenoxy) is 1. The average molecular weight is 251 g/mol. The number of carboxylic acid groups (broad SMARTS) is 1. The van der Waals surface area contributed by atoms with Crippen LogP contribution in [0.25, 0.3) is 0 Å². The third-order valence-electron chi connectivity index (χ3n) is 2.85. The minimum absolute atomic E-state index is 0.0677. The summed E-state index contributed by atoms with van der Waals surface area (Å²) in [5.41, 5.74) is -0.339. The van der Waals surface area contributed by atoms with E-state index in [2.05, 4.69) is 5.32 Å². The number of carbonyl (C=O) groups is 1. The van der Waals surface area contributed by atoms with Gasteiger partial charge in [-0.3, -0.25) is 5.32 Å². The molecule has 4 heteroatoms. The molecule has 0 fully saturated rings. The van der Waals surface area contributed by atoms with Crippen LogP contribution in [-0.2, 0) is 15.1 Å². The summed E-state index contributed by atoms with van der Waals surface area (Å²) < 4.78 is 5.05. The lowest BCUT2D eigenvalue weighted by atomic mass is 9.86. The highest BCUT2D eigenvalue weighted by atomic mass is 16.5. The molecular weight excluding hydrogens is 230 g/mol. The first kappa shape index (κ1) is 14.7. The fourth-order valence-electron chi connectivity index (χ4n) is 2.06. The Balaban J connectivity index is 3.15. The molecular formula is C14H21NO3. The maximum absolute atomic E-state index is 11.7. The summed E-state index contributed by atoms with van der Waals surface area (Å²) in [4.78, 5) is 11.7. The van der Waals surface area contributed by atoms with Crippen LogP contribution in [-0.4, -0.2) is 30.8 Å². The number of carboxylic acids is 1. The fraction of sp³-hybridized carbons (Fsp3) is 0.500. The summed E-state index contributed by atoms with van der Waals surface area (Å²) >= 11 is 0. The molecule has 0 aromatic heterocycles. The fourth-order valence-corrected chi connectivity index (χ4v) is 2.06. The predicted molar refractivity (Wildman–Crippen MR) is 70.5 cm³/mol. The van der Waals surface area contributed by atoms with Crippen molar-refractivity contribution in [2.75, 3.05) is 13.7 Å². The van der Waals surface area contributed by atoms with Crippen molar-refractivity contribution in [3.05, 3.63) is 35.9 Å². The largest absolute Gasteiger partial charge is 0.480 e. The molecule has 4 nitrogen and oxygen atoms in total. The first-order chi connectivity index (χ1) is 8.53. The van der Waals surface area contributed by atoms with Gasteiger partial charge < -0.3 is 9.84 Å². The van der Waals surface area contributed by atoms with Crippen molar-refractivity contribution in [1.29, 1.82) is 0 Å². The van der Waals surface area contributed by atoms with Crippen LogP contribution >= 0.6 is 0 Å². The number of hydrogen-bond donors (Lipinski definition) is 2.